The second-order valence-corrected chi connectivity index (χ2v) is 6.99. The molecule has 1 aromatic carbocycles. The van der Waals surface area contributed by atoms with Gasteiger partial charge in [0, 0.05) is 20.5 Å². The molecule has 0 spiro atoms. The molecule has 2 fully saturated rings. The molecule has 2 aliphatic rings. The van der Waals surface area contributed by atoms with Crippen LogP contribution in [0.1, 0.15) is 20.8 Å². The molecule has 25 heavy (non-hydrogen) atoms. The first-order valence-electron chi connectivity index (χ1n) is 7.95. The van der Waals surface area contributed by atoms with Crippen LogP contribution in [0.25, 0.3) is 0 Å². The highest BCUT2D eigenvalue weighted by Gasteiger charge is 2.46. The maximum atomic E-state index is 14.5. The van der Waals surface area contributed by atoms with Gasteiger partial charge in [-0.2, -0.15) is 0 Å². The maximum absolute atomic E-state index is 14.5. The van der Waals surface area contributed by atoms with E-state index in [0.717, 1.165) is 0 Å². The molecule has 2 heterocycles. The van der Waals surface area contributed by atoms with Crippen LogP contribution in [0.15, 0.2) is 18.2 Å². The summed E-state index contributed by atoms with van der Waals surface area (Å²) in [6, 6.07) is 4.24. The number of ether oxygens (including phenoxy) is 1. The van der Waals surface area contributed by atoms with Crippen molar-refractivity contribution in [1.29, 1.82) is 0 Å². The summed E-state index contributed by atoms with van der Waals surface area (Å²) < 4.78 is 19.6. The lowest BCUT2D eigenvalue weighted by atomic mass is 9.82. The summed E-state index contributed by atoms with van der Waals surface area (Å²) in [6.45, 7) is 5.55. The van der Waals surface area contributed by atoms with E-state index in [-0.39, 0.29) is 24.0 Å². The molecule has 2 aliphatic heterocycles. The van der Waals surface area contributed by atoms with Crippen LogP contribution < -0.4 is 9.80 Å². The van der Waals surface area contributed by atoms with Gasteiger partial charge in [-0.15, -0.1) is 0 Å². The van der Waals surface area contributed by atoms with E-state index in [0.29, 0.717) is 12.2 Å². The van der Waals surface area contributed by atoms with Crippen molar-refractivity contribution in [3.8, 4) is 0 Å². The number of likely N-dealkylation sites (N-methyl/N-ethyl adjacent to an activating group) is 1. The monoisotopic (exact) mass is 349 g/mol. The highest BCUT2D eigenvalue weighted by molar-refractivity contribution is 6.04. The number of carbonyl (C=O) groups excluding carboxylic acids is 3. The predicted octanol–water partition coefficient (Wildman–Crippen LogP) is 1.96. The summed E-state index contributed by atoms with van der Waals surface area (Å²) in [5, 5.41) is 0. The highest BCUT2D eigenvalue weighted by atomic mass is 19.1. The number of anilines is 2. The molecule has 1 atom stereocenters. The third kappa shape index (κ3) is 2.81. The third-order valence-corrected chi connectivity index (χ3v) is 4.64. The Bertz CT molecular complexity index is 764. The molecule has 0 radical (unpaired) electrons. The van der Waals surface area contributed by atoms with Crippen LogP contribution in [0.3, 0.4) is 0 Å². The van der Waals surface area contributed by atoms with Crippen molar-refractivity contribution in [2.75, 3.05) is 29.9 Å². The number of cyclic esters (lactones) is 1. The fourth-order valence-electron chi connectivity index (χ4n) is 2.95. The number of rotatable bonds is 3. The number of β-lactam (4-membered cyclic amide) rings is 1. The summed E-state index contributed by atoms with van der Waals surface area (Å²) >= 11 is 0. The van der Waals surface area contributed by atoms with Crippen molar-refractivity contribution in [3.05, 3.63) is 24.0 Å². The number of hydrogen-bond acceptors (Lipinski definition) is 4. The minimum absolute atomic E-state index is 0.114. The molecule has 1 aromatic rings. The predicted molar refractivity (Wildman–Crippen MR) is 88.6 cm³/mol. The molecule has 134 valence electrons. The summed E-state index contributed by atoms with van der Waals surface area (Å²) in [5.74, 6) is -0.958. The Kier molecular flexibility index (Phi) is 3.93. The average molecular weight is 349 g/mol. The third-order valence-electron chi connectivity index (χ3n) is 4.64. The quantitative estimate of drug-likeness (QED) is 0.782. The zero-order chi connectivity index (χ0) is 18.5. The van der Waals surface area contributed by atoms with Crippen LogP contribution in [0.5, 0.6) is 0 Å². The van der Waals surface area contributed by atoms with Gasteiger partial charge in [0.25, 0.3) is 0 Å². The number of halogens is 1. The van der Waals surface area contributed by atoms with Crippen LogP contribution >= 0.6 is 0 Å². The van der Waals surface area contributed by atoms with Gasteiger partial charge < -0.3 is 14.5 Å². The van der Waals surface area contributed by atoms with E-state index in [4.69, 9.17) is 4.74 Å². The minimum atomic E-state index is -0.717. The van der Waals surface area contributed by atoms with Crippen LogP contribution in [0.2, 0.25) is 0 Å². The van der Waals surface area contributed by atoms with E-state index in [2.05, 4.69) is 0 Å². The molecule has 0 aliphatic carbocycles. The van der Waals surface area contributed by atoms with E-state index in [1.165, 1.54) is 40.8 Å². The Balaban J connectivity index is 1.79. The molecule has 0 N–H and O–H groups in total. The van der Waals surface area contributed by atoms with E-state index in [1.54, 1.807) is 6.07 Å². The molecule has 0 saturated carbocycles. The Labute approximate surface area is 144 Å². The summed E-state index contributed by atoms with van der Waals surface area (Å²) in [7, 11) is 1.53. The molecule has 3 rings (SSSR count). The lowest BCUT2D eigenvalue weighted by molar-refractivity contribution is -0.134. The van der Waals surface area contributed by atoms with Gasteiger partial charge in [-0.05, 0) is 32.0 Å². The average Bonchev–Trinajstić information content (AvgIpc) is 2.93. The van der Waals surface area contributed by atoms with Crippen molar-refractivity contribution in [2.24, 2.45) is 5.41 Å². The van der Waals surface area contributed by atoms with E-state index in [9.17, 15) is 18.8 Å². The Morgan fingerprint density at radius 2 is 2.00 bits per heavy atom. The first-order valence-corrected chi connectivity index (χ1v) is 7.95. The summed E-state index contributed by atoms with van der Waals surface area (Å²) in [4.78, 5) is 39.4. The van der Waals surface area contributed by atoms with Crippen molar-refractivity contribution >= 4 is 29.3 Å². The Morgan fingerprint density at radius 3 is 2.52 bits per heavy atom. The molecular weight excluding hydrogens is 329 g/mol. The van der Waals surface area contributed by atoms with Crippen LogP contribution in [0.4, 0.5) is 20.6 Å². The van der Waals surface area contributed by atoms with Crippen molar-refractivity contribution in [1.82, 2.24) is 4.90 Å². The van der Waals surface area contributed by atoms with Gasteiger partial charge >= 0.3 is 6.09 Å². The van der Waals surface area contributed by atoms with E-state index >= 15 is 0 Å². The zero-order valence-electron chi connectivity index (χ0n) is 14.6. The van der Waals surface area contributed by atoms with Crippen LogP contribution in [-0.2, 0) is 14.3 Å². The second kappa shape index (κ2) is 5.72. The van der Waals surface area contributed by atoms with Gasteiger partial charge in [0.15, 0.2) is 6.23 Å². The smallest absolute Gasteiger partial charge is 0.416 e. The fraction of sp³-hybridized carbons (Fsp3) is 0.471. The summed E-state index contributed by atoms with van der Waals surface area (Å²) in [5.41, 5.74) is 0.0324. The zero-order valence-corrected chi connectivity index (χ0v) is 14.6. The Hall–Kier alpha value is -2.64. The molecule has 2 saturated heterocycles. The van der Waals surface area contributed by atoms with Crippen molar-refractivity contribution in [3.63, 3.8) is 0 Å². The first-order chi connectivity index (χ1) is 11.6. The van der Waals surface area contributed by atoms with Crippen LogP contribution in [0, 0.1) is 11.2 Å². The number of amides is 3. The number of nitrogens with zero attached hydrogens (tertiary/aromatic N) is 3. The topological polar surface area (TPSA) is 70.2 Å². The molecule has 1 unspecified atom stereocenters. The van der Waals surface area contributed by atoms with E-state index in [1.807, 2.05) is 13.8 Å². The molecule has 0 aromatic heterocycles. The fourth-order valence-corrected chi connectivity index (χ4v) is 2.95. The lowest BCUT2D eigenvalue weighted by Crippen LogP contribution is -2.59. The SMILES string of the molecule is CC(=O)N(C)C1CN(c2ccc(N3CC(C)(C)C3=O)c(F)c2)C(=O)O1. The molecule has 8 heteroatoms. The second-order valence-electron chi connectivity index (χ2n) is 6.99. The summed E-state index contributed by atoms with van der Waals surface area (Å²) in [6.07, 6.45) is -1.36. The standard InChI is InChI=1S/C17H20FN3O4/c1-10(22)19(4)14-8-20(16(24)25-14)11-5-6-13(12(18)7-11)21-9-17(2,3)15(21)23/h5-7,14H,8-9H2,1-4H3. The molecular formula is C17H20FN3O4. The van der Waals surface area contributed by atoms with Crippen molar-refractivity contribution < 1.29 is 23.5 Å². The molecule has 0 bridgehead atoms. The van der Waals surface area contributed by atoms with Gasteiger partial charge in [-0.3, -0.25) is 14.5 Å². The minimum Gasteiger partial charge on any atom is -0.423 e. The van der Waals surface area contributed by atoms with Crippen molar-refractivity contribution in [2.45, 2.75) is 27.0 Å². The first kappa shape index (κ1) is 17.2. The number of benzene rings is 1. The highest BCUT2D eigenvalue weighted by Crippen LogP contribution is 2.37. The van der Waals surface area contributed by atoms with Gasteiger partial charge in [0.05, 0.1) is 23.3 Å². The van der Waals surface area contributed by atoms with Crippen LogP contribution in [-0.4, -0.2) is 49.2 Å². The van der Waals surface area contributed by atoms with Gasteiger partial charge in [0.2, 0.25) is 11.8 Å². The van der Waals surface area contributed by atoms with Gasteiger partial charge in [0.1, 0.15) is 5.82 Å². The van der Waals surface area contributed by atoms with Gasteiger partial charge in [-0.1, -0.05) is 0 Å². The Morgan fingerprint density at radius 1 is 1.32 bits per heavy atom. The molecule has 3 amide bonds. The number of carbonyl (C=O) groups is 3. The van der Waals surface area contributed by atoms with E-state index < -0.39 is 23.6 Å². The number of hydrogen-bond donors (Lipinski definition) is 0. The lowest BCUT2D eigenvalue weighted by Gasteiger charge is -2.44. The largest absolute Gasteiger partial charge is 0.423 e. The maximum Gasteiger partial charge on any atom is 0.416 e. The molecule has 7 nitrogen and oxygen atoms in total. The van der Waals surface area contributed by atoms with Gasteiger partial charge in [-0.25, -0.2) is 9.18 Å². The normalized spacial score (nSPS) is 21.9.